The number of pyridine rings is 1. The molecule has 11 heteroatoms. The van der Waals surface area contributed by atoms with Crippen LogP contribution in [0.15, 0.2) is 5.16 Å². The summed E-state index contributed by atoms with van der Waals surface area (Å²) in [6, 6.07) is 0. The van der Waals surface area contributed by atoms with Crippen LogP contribution in [0.5, 0.6) is 0 Å². The molecule has 0 bridgehead atoms. The molecular weight excluding hydrogens is 373 g/mol. The third-order valence-electron chi connectivity index (χ3n) is 3.80. The highest BCUT2D eigenvalue weighted by Gasteiger charge is 2.25. The Morgan fingerprint density at radius 3 is 2.68 bits per heavy atom. The van der Waals surface area contributed by atoms with Gasteiger partial charge in [0.2, 0.25) is 15.0 Å². The lowest BCUT2D eigenvalue weighted by molar-refractivity contribution is 0.152. The standard InChI is InChI=1S/C14H17ClFN5O3S/c1-17-12-8-10(9(16)11(15)19-12)18-14(25(2,22)23)20-13(8)21-4-3-6-24-7-5-21/h3-7H2,1-2H3,(H,17,19). The second-order valence-corrected chi connectivity index (χ2v) is 7.86. The third kappa shape index (κ3) is 3.46. The number of fused-ring (bicyclic) bond motifs is 1. The van der Waals surface area contributed by atoms with Gasteiger partial charge in [-0.3, -0.25) is 0 Å². The first kappa shape index (κ1) is 18.0. The van der Waals surface area contributed by atoms with E-state index in [0.717, 1.165) is 12.7 Å². The van der Waals surface area contributed by atoms with Gasteiger partial charge in [-0.1, -0.05) is 11.6 Å². The van der Waals surface area contributed by atoms with Crippen molar-refractivity contribution in [3.8, 4) is 0 Å². The zero-order valence-electron chi connectivity index (χ0n) is 13.7. The molecular formula is C14H17ClFN5O3S. The summed E-state index contributed by atoms with van der Waals surface area (Å²) in [5.74, 6) is -0.305. The second-order valence-electron chi connectivity index (χ2n) is 5.59. The topological polar surface area (TPSA) is 97.3 Å². The van der Waals surface area contributed by atoms with E-state index in [1.165, 1.54) is 0 Å². The average molecular weight is 390 g/mol. The van der Waals surface area contributed by atoms with Crippen LogP contribution in [-0.2, 0) is 14.6 Å². The molecule has 0 atom stereocenters. The lowest BCUT2D eigenvalue weighted by Gasteiger charge is -2.23. The first-order chi connectivity index (χ1) is 11.8. The Labute approximate surface area is 149 Å². The molecule has 0 saturated carbocycles. The largest absolute Gasteiger partial charge is 0.380 e. The zero-order valence-corrected chi connectivity index (χ0v) is 15.3. The molecule has 2 aromatic heterocycles. The van der Waals surface area contributed by atoms with Crippen molar-refractivity contribution < 1.29 is 17.5 Å². The number of anilines is 2. The fourth-order valence-corrected chi connectivity index (χ4v) is 3.32. The van der Waals surface area contributed by atoms with Crippen LogP contribution in [0.2, 0.25) is 5.15 Å². The molecule has 2 aromatic rings. The quantitative estimate of drug-likeness (QED) is 0.623. The van der Waals surface area contributed by atoms with Crippen molar-refractivity contribution in [2.45, 2.75) is 11.6 Å². The second kappa shape index (κ2) is 6.85. The molecule has 1 aliphatic rings. The van der Waals surface area contributed by atoms with Gasteiger partial charge >= 0.3 is 0 Å². The van der Waals surface area contributed by atoms with E-state index in [9.17, 15) is 12.8 Å². The number of sulfone groups is 1. The van der Waals surface area contributed by atoms with Gasteiger partial charge in [-0.25, -0.2) is 27.8 Å². The van der Waals surface area contributed by atoms with Crippen LogP contribution in [-0.4, -0.2) is 63.0 Å². The molecule has 0 aliphatic carbocycles. The summed E-state index contributed by atoms with van der Waals surface area (Å²) in [7, 11) is -2.14. The van der Waals surface area contributed by atoms with E-state index in [1.54, 1.807) is 7.05 Å². The molecule has 25 heavy (non-hydrogen) atoms. The Kier molecular flexibility index (Phi) is 4.94. The van der Waals surface area contributed by atoms with Crippen molar-refractivity contribution in [1.82, 2.24) is 15.0 Å². The van der Waals surface area contributed by atoms with Crippen LogP contribution in [0.1, 0.15) is 6.42 Å². The first-order valence-corrected chi connectivity index (χ1v) is 9.87. The zero-order chi connectivity index (χ0) is 18.2. The minimum Gasteiger partial charge on any atom is -0.380 e. The number of ether oxygens (including phenoxy) is 1. The Morgan fingerprint density at radius 2 is 2.00 bits per heavy atom. The summed E-state index contributed by atoms with van der Waals surface area (Å²) in [6.45, 7) is 2.12. The van der Waals surface area contributed by atoms with Crippen LogP contribution in [0.4, 0.5) is 16.0 Å². The van der Waals surface area contributed by atoms with Gasteiger partial charge in [0, 0.05) is 33.0 Å². The van der Waals surface area contributed by atoms with Gasteiger partial charge in [0.05, 0.1) is 12.0 Å². The molecule has 1 aliphatic heterocycles. The molecule has 0 amide bonds. The lowest BCUT2D eigenvalue weighted by atomic mass is 10.2. The molecule has 1 saturated heterocycles. The Bertz CT molecular complexity index is 917. The van der Waals surface area contributed by atoms with E-state index in [0.29, 0.717) is 37.5 Å². The highest BCUT2D eigenvalue weighted by molar-refractivity contribution is 7.90. The summed E-state index contributed by atoms with van der Waals surface area (Å²) in [5, 5.41) is 2.29. The van der Waals surface area contributed by atoms with Crippen LogP contribution in [0.25, 0.3) is 10.9 Å². The molecule has 136 valence electrons. The van der Waals surface area contributed by atoms with Crippen molar-refractivity contribution in [3.05, 3.63) is 11.0 Å². The third-order valence-corrected chi connectivity index (χ3v) is 4.89. The van der Waals surface area contributed by atoms with Crippen molar-refractivity contribution in [2.75, 3.05) is 49.8 Å². The molecule has 1 N–H and O–H groups in total. The minimum atomic E-state index is -3.74. The van der Waals surface area contributed by atoms with Crippen LogP contribution < -0.4 is 10.2 Å². The molecule has 0 spiro atoms. The van der Waals surface area contributed by atoms with E-state index >= 15 is 0 Å². The van der Waals surface area contributed by atoms with Crippen LogP contribution >= 0.6 is 11.6 Å². The number of hydrogen-bond acceptors (Lipinski definition) is 8. The van der Waals surface area contributed by atoms with Gasteiger partial charge in [0.1, 0.15) is 17.2 Å². The predicted molar refractivity (Wildman–Crippen MR) is 92.6 cm³/mol. The molecule has 0 unspecified atom stereocenters. The van der Waals surface area contributed by atoms with Crippen molar-refractivity contribution in [2.24, 2.45) is 0 Å². The molecule has 8 nitrogen and oxygen atoms in total. The minimum absolute atomic E-state index is 0.181. The lowest BCUT2D eigenvalue weighted by Crippen LogP contribution is -2.28. The maximum Gasteiger partial charge on any atom is 0.249 e. The summed E-state index contributed by atoms with van der Waals surface area (Å²) < 4.78 is 43.9. The van der Waals surface area contributed by atoms with Gasteiger partial charge in [-0.05, 0) is 6.42 Å². The highest BCUT2D eigenvalue weighted by atomic mass is 35.5. The Balaban J connectivity index is 2.37. The summed E-state index contributed by atoms with van der Waals surface area (Å²) >= 11 is 5.83. The van der Waals surface area contributed by atoms with Gasteiger partial charge in [-0.2, -0.15) is 0 Å². The van der Waals surface area contributed by atoms with Crippen LogP contribution in [0.3, 0.4) is 0 Å². The summed E-state index contributed by atoms with van der Waals surface area (Å²) in [4.78, 5) is 13.9. The fraction of sp³-hybridized carbons (Fsp3) is 0.500. The molecule has 0 aromatic carbocycles. The number of nitrogens with one attached hydrogen (secondary N) is 1. The molecule has 0 radical (unpaired) electrons. The summed E-state index contributed by atoms with van der Waals surface area (Å²) in [6.07, 6.45) is 1.71. The number of rotatable bonds is 3. The van der Waals surface area contributed by atoms with E-state index in [4.69, 9.17) is 16.3 Å². The molecule has 3 rings (SSSR count). The SMILES string of the molecule is CNc1nc(Cl)c(F)c2nc(S(C)(=O)=O)nc(N3CCCOCC3)c12. The molecule has 3 heterocycles. The normalized spacial score (nSPS) is 16.1. The smallest absolute Gasteiger partial charge is 0.249 e. The van der Waals surface area contributed by atoms with E-state index in [2.05, 4.69) is 20.3 Å². The maximum absolute atomic E-state index is 14.6. The van der Waals surface area contributed by atoms with Crippen molar-refractivity contribution in [3.63, 3.8) is 0 Å². The van der Waals surface area contributed by atoms with E-state index in [-0.39, 0.29) is 16.5 Å². The van der Waals surface area contributed by atoms with Crippen molar-refractivity contribution >= 4 is 44.0 Å². The Morgan fingerprint density at radius 1 is 1.24 bits per heavy atom. The summed E-state index contributed by atoms with van der Waals surface area (Å²) in [5.41, 5.74) is -0.181. The number of nitrogens with zero attached hydrogens (tertiary/aromatic N) is 4. The van der Waals surface area contributed by atoms with Gasteiger partial charge in [0.15, 0.2) is 11.0 Å². The first-order valence-electron chi connectivity index (χ1n) is 7.60. The fourth-order valence-electron chi connectivity index (χ4n) is 2.64. The van der Waals surface area contributed by atoms with Crippen molar-refractivity contribution in [1.29, 1.82) is 0 Å². The predicted octanol–water partition coefficient (Wildman–Crippen LogP) is 1.49. The number of halogens is 2. The highest BCUT2D eigenvalue weighted by Crippen LogP contribution is 2.34. The number of aromatic nitrogens is 3. The maximum atomic E-state index is 14.6. The monoisotopic (exact) mass is 389 g/mol. The van der Waals surface area contributed by atoms with Gasteiger partial charge < -0.3 is 15.0 Å². The molecule has 1 fully saturated rings. The average Bonchev–Trinajstić information content (AvgIpc) is 2.85. The van der Waals surface area contributed by atoms with E-state index < -0.39 is 20.8 Å². The number of hydrogen-bond donors (Lipinski definition) is 1. The Hall–Kier alpha value is -1.78. The van der Waals surface area contributed by atoms with Crippen LogP contribution in [0, 0.1) is 5.82 Å². The van der Waals surface area contributed by atoms with Gasteiger partial charge in [-0.15, -0.1) is 0 Å². The van der Waals surface area contributed by atoms with E-state index in [1.807, 2.05) is 4.90 Å². The van der Waals surface area contributed by atoms with Gasteiger partial charge in [0.25, 0.3) is 0 Å².